The molecule has 0 radical (unpaired) electrons. The number of carbonyl (C=O) groups is 1. The van der Waals surface area contributed by atoms with Crippen molar-refractivity contribution in [3.8, 4) is 5.75 Å². The molecule has 2 rings (SSSR count). The fourth-order valence-electron chi connectivity index (χ4n) is 2.29. The van der Waals surface area contributed by atoms with Crippen molar-refractivity contribution < 1.29 is 9.53 Å². The quantitative estimate of drug-likeness (QED) is 0.474. The number of rotatable bonds is 6. The zero-order valence-electron chi connectivity index (χ0n) is 13.1. The molecule has 0 aliphatic rings. The third-order valence-electron chi connectivity index (χ3n) is 3.47. The van der Waals surface area contributed by atoms with Crippen LogP contribution in [-0.2, 0) is 0 Å². The third kappa shape index (κ3) is 4.58. The van der Waals surface area contributed by atoms with Crippen molar-refractivity contribution >= 4 is 43.3 Å². The van der Waals surface area contributed by atoms with Crippen LogP contribution in [0.1, 0.15) is 35.7 Å². The van der Waals surface area contributed by atoms with Crippen LogP contribution in [0.3, 0.4) is 0 Å². The van der Waals surface area contributed by atoms with Crippen LogP contribution in [0.5, 0.6) is 5.75 Å². The first-order valence-electron chi connectivity index (χ1n) is 7.44. The molecule has 3 nitrogen and oxygen atoms in total. The second-order valence-corrected chi connectivity index (χ2v) is 7.19. The lowest BCUT2D eigenvalue weighted by atomic mass is 10.0. The van der Waals surface area contributed by atoms with Crippen molar-refractivity contribution in [2.75, 3.05) is 5.73 Å². The Hall–Kier alpha value is -1.33. The molecule has 0 saturated carbocycles. The molecule has 2 aromatic rings. The normalized spacial score (nSPS) is 12.0. The number of aryl methyl sites for hydroxylation is 1. The van der Waals surface area contributed by atoms with Crippen molar-refractivity contribution in [1.29, 1.82) is 0 Å². The van der Waals surface area contributed by atoms with E-state index in [4.69, 9.17) is 10.5 Å². The summed E-state index contributed by atoms with van der Waals surface area (Å²) in [5.74, 6) is 0.494. The summed E-state index contributed by atoms with van der Waals surface area (Å²) in [4.78, 5) is 12.9. The molecule has 0 spiro atoms. The maximum absolute atomic E-state index is 12.9. The average Bonchev–Trinajstić information content (AvgIpc) is 2.51. The second kappa shape index (κ2) is 7.97. The van der Waals surface area contributed by atoms with Crippen molar-refractivity contribution in [3.63, 3.8) is 0 Å². The van der Waals surface area contributed by atoms with Crippen molar-refractivity contribution in [2.24, 2.45) is 0 Å². The SMILES string of the molecule is CCCC(Oc1ccc(C)cc1N)C(=O)c1cc(Br)ccc1Br. The summed E-state index contributed by atoms with van der Waals surface area (Å²) in [6.07, 6.45) is 0.912. The van der Waals surface area contributed by atoms with E-state index in [1.807, 2.05) is 44.2 Å². The van der Waals surface area contributed by atoms with Crippen LogP contribution < -0.4 is 10.5 Å². The lowest BCUT2D eigenvalue weighted by Crippen LogP contribution is -2.28. The number of hydrogen-bond donors (Lipinski definition) is 1. The Morgan fingerprint density at radius 1 is 1.22 bits per heavy atom. The van der Waals surface area contributed by atoms with Gasteiger partial charge in [0.05, 0.1) is 5.69 Å². The van der Waals surface area contributed by atoms with Crippen molar-refractivity contribution in [1.82, 2.24) is 0 Å². The summed E-state index contributed by atoms with van der Waals surface area (Å²) in [5.41, 5.74) is 8.21. The molecule has 0 amide bonds. The highest BCUT2D eigenvalue weighted by molar-refractivity contribution is 9.11. The van der Waals surface area contributed by atoms with Gasteiger partial charge in [0.2, 0.25) is 5.78 Å². The number of nitrogen functional groups attached to an aromatic ring is 1. The number of halogens is 2. The summed E-state index contributed by atoms with van der Waals surface area (Å²) in [6.45, 7) is 3.99. The minimum Gasteiger partial charge on any atom is -0.480 e. The van der Waals surface area contributed by atoms with E-state index in [0.717, 1.165) is 20.9 Å². The number of carbonyl (C=O) groups excluding carboxylic acids is 1. The van der Waals surface area contributed by atoms with E-state index in [1.54, 1.807) is 6.07 Å². The van der Waals surface area contributed by atoms with Crippen LogP contribution in [0, 0.1) is 6.92 Å². The van der Waals surface area contributed by atoms with Gasteiger partial charge in [-0.1, -0.05) is 51.3 Å². The Bertz CT molecular complexity index is 716. The molecule has 0 aliphatic carbocycles. The molecule has 2 N–H and O–H groups in total. The number of hydrogen-bond acceptors (Lipinski definition) is 3. The molecule has 1 unspecified atom stereocenters. The van der Waals surface area contributed by atoms with E-state index in [1.165, 1.54) is 0 Å². The molecule has 2 aromatic carbocycles. The highest BCUT2D eigenvalue weighted by atomic mass is 79.9. The Morgan fingerprint density at radius 3 is 2.61 bits per heavy atom. The van der Waals surface area contributed by atoms with E-state index < -0.39 is 6.10 Å². The minimum absolute atomic E-state index is 0.0556. The van der Waals surface area contributed by atoms with Gasteiger partial charge in [-0.25, -0.2) is 0 Å². The van der Waals surface area contributed by atoms with Crippen LogP contribution in [0.15, 0.2) is 45.3 Å². The Morgan fingerprint density at radius 2 is 1.96 bits per heavy atom. The van der Waals surface area contributed by atoms with Gasteiger partial charge in [-0.15, -0.1) is 0 Å². The minimum atomic E-state index is -0.560. The zero-order chi connectivity index (χ0) is 17.0. The van der Waals surface area contributed by atoms with Crippen molar-refractivity contribution in [3.05, 3.63) is 56.5 Å². The van der Waals surface area contributed by atoms with Gasteiger partial charge in [-0.2, -0.15) is 0 Å². The third-order valence-corrected chi connectivity index (χ3v) is 4.66. The molecule has 1 atom stereocenters. The zero-order valence-corrected chi connectivity index (χ0v) is 16.3. The van der Waals surface area contributed by atoms with Gasteiger partial charge in [0.25, 0.3) is 0 Å². The predicted molar refractivity (Wildman–Crippen MR) is 101 cm³/mol. The summed E-state index contributed by atoms with van der Waals surface area (Å²) >= 11 is 6.84. The molecule has 23 heavy (non-hydrogen) atoms. The van der Waals surface area contributed by atoms with Gasteiger partial charge in [-0.3, -0.25) is 4.79 Å². The fourth-order valence-corrected chi connectivity index (χ4v) is 3.10. The van der Waals surface area contributed by atoms with Gasteiger partial charge in [0.1, 0.15) is 5.75 Å². The number of benzene rings is 2. The topological polar surface area (TPSA) is 52.3 Å². The molecule has 122 valence electrons. The van der Waals surface area contributed by atoms with Crippen LogP contribution in [0.2, 0.25) is 0 Å². The lowest BCUT2D eigenvalue weighted by Gasteiger charge is -2.19. The van der Waals surface area contributed by atoms with E-state index >= 15 is 0 Å². The van der Waals surface area contributed by atoms with E-state index in [9.17, 15) is 4.79 Å². The molecular weight excluding hydrogens is 422 g/mol. The molecular formula is C18H19Br2NO2. The molecule has 0 bridgehead atoms. The Kier molecular flexibility index (Phi) is 6.25. The number of anilines is 1. The maximum atomic E-state index is 12.9. The monoisotopic (exact) mass is 439 g/mol. The van der Waals surface area contributed by atoms with Crippen LogP contribution in [-0.4, -0.2) is 11.9 Å². The molecule has 0 saturated heterocycles. The van der Waals surface area contributed by atoms with Crippen LogP contribution >= 0.6 is 31.9 Å². The molecule has 0 aliphatic heterocycles. The fraction of sp³-hybridized carbons (Fsp3) is 0.278. The van der Waals surface area contributed by atoms with Gasteiger partial charge in [0.15, 0.2) is 6.10 Å². The predicted octanol–water partition coefficient (Wildman–Crippen LogP) is 5.53. The maximum Gasteiger partial charge on any atom is 0.204 e. The number of nitrogens with two attached hydrogens (primary N) is 1. The second-order valence-electron chi connectivity index (χ2n) is 5.42. The Labute approximate surface area is 153 Å². The highest BCUT2D eigenvalue weighted by Crippen LogP contribution is 2.28. The number of ketones is 1. The summed E-state index contributed by atoms with van der Waals surface area (Å²) in [5, 5.41) is 0. The highest BCUT2D eigenvalue weighted by Gasteiger charge is 2.24. The number of ether oxygens (including phenoxy) is 1. The first kappa shape index (κ1) is 18.0. The van der Waals surface area contributed by atoms with Gasteiger partial charge in [0, 0.05) is 14.5 Å². The van der Waals surface area contributed by atoms with E-state index in [-0.39, 0.29) is 5.78 Å². The van der Waals surface area contributed by atoms with Gasteiger partial charge in [-0.05, 0) is 49.2 Å². The molecule has 0 heterocycles. The van der Waals surface area contributed by atoms with Gasteiger partial charge >= 0.3 is 0 Å². The smallest absolute Gasteiger partial charge is 0.204 e. The molecule has 5 heteroatoms. The largest absolute Gasteiger partial charge is 0.480 e. The summed E-state index contributed by atoms with van der Waals surface area (Å²) < 4.78 is 7.55. The first-order chi connectivity index (χ1) is 10.9. The summed E-state index contributed by atoms with van der Waals surface area (Å²) in [6, 6.07) is 11.1. The average molecular weight is 441 g/mol. The number of Topliss-reactive ketones (excluding diaryl/α,β-unsaturated/α-hetero) is 1. The van der Waals surface area contributed by atoms with E-state index in [0.29, 0.717) is 23.4 Å². The van der Waals surface area contributed by atoms with Crippen LogP contribution in [0.4, 0.5) is 5.69 Å². The summed E-state index contributed by atoms with van der Waals surface area (Å²) in [7, 11) is 0. The van der Waals surface area contributed by atoms with E-state index in [2.05, 4.69) is 31.9 Å². The van der Waals surface area contributed by atoms with Gasteiger partial charge < -0.3 is 10.5 Å². The Balaban J connectivity index is 2.30. The van der Waals surface area contributed by atoms with Crippen LogP contribution in [0.25, 0.3) is 0 Å². The standard InChI is InChI=1S/C18H19Br2NO2/c1-3-4-17(23-16-8-5-11(2)9-15(16)21)18(22)13-10-12(19)6-7-14(13)20/h5-10,17H,3-4,21H2,1-2H3. The molecule has 0 fully saturated rings. The molecule has 0 aromatic heterocycles. The van der Waals surface area contributed by atoms with Crippen molar-refractivity contribution in [2.45, 2.75) is 32.8 Å². The first-order valence-corrected chi connectivity index (χ1v) is 9.03. The lowest BCUT2D eigenvalue weighted by molar-refractivity contribution is 0.0778.